The quantitative estimate of drug-likeness (QED) is 0.551. The Morgan fingerprint density at radius 3 is 2.50 bits per heavy atom. The fraction of sp³-hybridized carbons (Fsp3) is 0.455. The van der Waals surface area contributed by atoms with Gasteiger partial charge in [-0.15, -0.1) is 0 Å². The molecule has 0 aliphatic heterocycles. The Morgan fingerprint density at radius 2 is 1.94 bits per heavy atom. The minimum Gasteiger partial charge on any atom is -0.424 e. The van der Waals surface area contributed by atoms with Gasteiger partial charge in [0.2, 0.25) is 0 Å². The number of hydrogen-bond donors (Lipinski definition) is 0. The second-order valence-electron chi connectivity index (χ2n) is 3.22. The van der Waals surface area contributed by atoms with Gasteiger partial charge in [0.05, 0.1) is 6.61 Å². The van der Waals surface area contributed by atoms with E-state index >= 15 is 0 Å². The van der Waals surface area contributed by atoms with Crippen molar-refractivity contribution in [3.63, 3.8) is 0 Å². The van der Waals surface area contributed by atoms with Crippen LogP contribution in [0.5, 0.6) is 5.75 Å². The van der Waals surface area contributed by atoms with Crippen molar-refractivity contribution >= 4 is 18.5 Å². The summed E-state index contributed by atoms with van der Waals surface area (Å²) < 4.78 is 16.3. The van der Waals surface area contributed by atoms with E-state index in [4.69, 9.17) is 25.4 Å². The SMILES string of the molecule is CCCCOP(=S)(OC)Oc1ccccc1. The van der Waals surface area contributed by atoms with Gasteiger partial charge in [-0.3, -0.25) is 4.52 Å². The fourth-order valence-corrected chi connectivity index (χ4v) is 2.49. The molecule has 1 unspecified atom stereocenters. The molecule has 0 aliphatic rings. The predicted molar refractivity (Wildman–Crippen MR) is 69.2 cm³/mol. The van der Waals surface area contributed by atoms with Crippen molar-refractivity contribution in [1.29, 1.82) is 0 Å². The lowest BCUT2D eigenvalue weighted by Gasteiger charge is -2.20. The molecule has 0 radical (unpaired) electrons. The summed E-state index contributed by atoms with van der Waals surface area (Å²) in [6.45, 7) is 0.0543. The molecule has 3 nitrogen and oxygen atoms in total. The lowest BCUT2D eigenvalue weighted by atomic mass is 10.3. The monoisotopic (exact) mass is 260 g/mol. The Balaban J connectivity index is 2.56. The second kappa shape index (κ2) is 7.02. The molecule has 0 saturated heterocycles. The summed E-state index contributed by atoms with van der Waals surface area (Å²) >= 11 is 5.24. The second-order valence-corrected chi connectivity index (χ2v) is 6.26. The number of benzene rings is 1. The van der Waals surface area contributed by atoms with Crippen LogP contribution in [0.4, 0.5) is 0 Å². The van der Waals surface area contributed by atoms with E-state index in [1.807, 2.05) is 30.3 Å². The standard InChI is InChI=1S/C11H17O3PS/c1-3-4-10-13-15(16,12-2)14-11-8-6-5-7-9-11/h5-9H,3-4,10H2,1-2H3. The van der Waals surface area contributed by atoms with Gasteiger partial charge in [0.25, 0.3) is 0 Å². The van der Waals surface area contributed by atoms with Gasteiger partial charge in [-0.2, -0.15) is 0 Å². The van der Waals surface area contributed by atoms with E-state index in [2.05, 4.69) is 6.92 Å². The van der Waals surface area contributed by atoms with Crippen molar-refractivity contribution in [3.05, 3.63) is 30.3 Å². The van der Waals surface area contributed by atoms with E-state index in [-0.39, 0.29) is 0 Å². The average molecular weight is 260 g/mol. The zero-order valence-electron chi connectivity index (χ0n) is 9.59. The first kappa shape index (κ1) is 13.7. The van der Waals surface area contributed by atoms with Gasteiger partial charge in [0.1, 0.15) is 5.75 Å². The van der Waals surface area contributed by atoms with Crippen LogP contribution in [0.15, 0.2) is 30.3 Å². The Hall–Kier alpha value is -0.410. The highest BCUT2D eigenvalue weighted by Crippen LogP contribution is 2.49. The lowest BCUT2D eigenvalue weighted by Crippen LogP contribution is -2.01. The summed E-state index contributed by atoms with van der Waals surface area (Å²) in [4.78, 5) is 0. The van der Waals surface area contributed by atoms with Crippen LogP contribution in [-0.2, 0) is 20.9 Å². The summed E-state index contributed by atoms with van der Waals surface area (Å²) in [6.07, 6.45) is 2.02. The van der Waals surface area contributed by atoms with E-state index in [1.54, 1.807) is 0 Å². The topological polar surface area (TPSA) is 27.7 Å². The molecule has 90 valence electrons. The van der Waals surface area contributed by atoms with Gasteiger partial charge < -0.3 is 9.05 Å². The first-order valence-electron chi connectivity index (χ1n) is 5.25. The zero-order chi connectivity index (χ0) is 11.9. The molecule has 0 saturated carbocycles. The molecule has 0 aromatic heterocycles. The number of unbranched alkanes of at least 4 members (excludes halogenated alkanes) is 1. The third-order valence-corrected chi connectivity index (χ3v) is 4.30. The Bertz CT molecular complexity index is 342. The first-order valence-corrected chi connectivity index (χ1v) is 7.81. The largest absolute Gasteiger partial charge is 0.424 e. The molecule has 1 aromatic rings. The summed E-state index contributed by atoms with van der Waals surface area (Å²) in [5.74, 6) is 0.684. The van der Waals surface area contributed by atoms with Crippen LogP contribution in [-0.4, -0.2) is 13.7 Å². The summed E-state index contributed by atoms with van der Waals surface area (Å²) in [7, 11) is 1.52. The van der Waals surface area contributed by atoms with E-state index in [9.17, 15) is 0 Å². The van der Waals surface area contributed by atoms with Gasteiger partial charge >= 0.3 is 6.72 Å². The molecule has 1 atom stereocenters. The third-order valence-electron chi connectivity index (χ3n) is 1.93. The molecule has 0 fully saturated rings. The molecule has 0 N–H and O–H groups in total. The first-order chi connectivity index (χ1) is 7.70. The smallest absolute Gasteiger partial charge is 0.380 e. The highest BCUT2D eigenvalue weighted by atomic mass is 32.5. The Kier molecular flexibility index (Phi) is 5.99. The molecular weight excluding hydrogens is 243 g/mol. The van der Waals surface area contributed by atoms with Crippen molar-refractivity contribution in [2.24, 2.45) is 0 Å². The molecule has 1 rings (SSSR count). The molecule has 0 spiro atoms. The van der Waals surface area contributed by atoms with Gasteiger partial charge in [-0.25, -0.2) is 0 Å². The predicted octanol–water partition coefficient (Wildman–Crippen LogP) is 3.75. The molecule has 16 heavy (non-hydrogen) atoms. The van der Waals surface area contributed by atoms with Gasteiger partial charge in [0, 0.05) is 18.9 Å². The van der Waals surface area contributed by atoms with Crippen LogP contribution in [0.2, 0.25) is 0 Å². The molecule has 0 aliphatic carbocycles. The molecule has 0 bridgehead atoms. The van der Waals surface area contributed by atoms with Crippen LogP contribution in [0, 0.1) is 0 Å². The Morgan fingerprint density at radius 1 is 1.25 bits per heavy atom. The molecule has 0 heterocycles. The zero-order valence-corrected chi connectivity index (χ0v) is 11.3. The number of para-hydroxylation sites is 1. The maximum absolute atomic E-state index is 5.58. The minimum atomic E-state index is -2.62. The van der Waals surface area contributed by atoms with E-state index in [0.717, 1.165) is 12.8 Å². The molecule has 0 amide bonds. The van der Waals surface area contributed by atoms with Crippen LogP contribution in [0.25, 0.3) is 0 Å². The molecular formula is C11H17O3PS. The lowest BCUT2D eigenvalue weighted by molar-refractivity contribution is 0.228. The van der Waals surface area contributed by atoms with Crippen molar-refractivity contribution in [3.8, 4) is 5.75 Å². The van der Waals surface area contributed by atoms with Crippen molar-refractivity contribution in [1.82, 2.24) is 0 Å². The summed E-state index contributed by atoms with van der Waals surface area (Å²) in [5.41, 5.74) is 0. The average Bonchev–Trinajstić information content (AvgIpc) is 2.31. The van der Waals surface area contributed by atoms with Crippen LogP contribution in [0.3, 0.4) is 0 Å². The van der Waals surface area contributed by atoms with Crippen molar-refractivity contribution < 1.29 is 13.6 Å². The molecule has 1 aromatic carbocycles. The summed E-state index contributed by atoms with van der Waals surface area (Å²) in [5, 5.41) is 0. The van der Waals surface area contributed by atoms with E-state index in [1.165, 1.54) is 7.11 Å². The summed E-state index contributed by atoms with van der Waals surface area (Å²) in [6, 6.07) is 9.36. The van der Waals surface area contributed by atoms with Crippen LogP contribution < -0.4 is 4.52 Å². The maximum Gasteiger partial charge on any atom is 0.380 e. The van der Waals surface area contributed by atoms with Gasteiger partial charge in [-0.1, -0.05) is 31.5 Å². The number of hydrogen-bond acceptors (Lipinski definition) is 4. The highest BCUT2D eigenvalue weighted by molar-refractivity contribution is 8.07. The molecule has 5 heteroatoms. The fourth-order valence-electron chi connectivity index (χ4n) is 1.05. The van der Waals surface area contributed by atoms with E-state index < -0.39 is 6.72 Å². The van der Waals surface area contributed by atoms with Gasteiger partial charge in [0.15, 0.2) is 0 Å². The maximum atomic E-state index is 5.58. The highest BCUT2D eigenvalue weighted by Gasteiger charge is 2.19. The third kappa shape index (κ3) is 4.62. The normalized spacial score (nSPS) is 14.4. The van der Waals surface area contributed by atoms with E-state index in [0.29, 0.717) is 12.4 Å². The van der Waals surface area contributed by atoms with Crippen molar-refractivity contribution in [2.75, 3.05) is 13.7 Å². The number of rotatable bonds is 7. The van der Waals surface area contributed by atoms with Crippen LogP contribution >= 0.6 is 6.72 Å². The Labute approximate surface area is 102 Å². The van der Waals surface area contributed by atoms with Crippen LogP contribution in [0.1, 0.15) is 19.8 Å². The minimum absolute atomic E-state index is 0.578. The van der Waals surface area contributed by atoms with Crippen molar-refractivity contribution in [2.45, 2.75) is 19.8 Å². The van der Waals surface area contributed by atoms with Gasteiger partial charge in [-0.05, 0) is 18.6 Å².